The molecule has 6 nitrogen and oxygen atoms in total. The van der Waals surface area contributed by atoms with Gasteiger partial charge in [0.25, 0.3) is 5.91 Å². The molecule has 32 heavy (non-hydrogen) atoms. The molecule has 0 unspecified atom stereocenters. The third-order valence-electron chi connectivity index (χ3n) is 4.86. The fourth-order valence-electron chi connectivity index (χ4n) is 3.16. The number of aliphatic carboxylic acids is 1. The molecule has 1 aliphatic rings. The second kappa shape index (κ2) is 11.2. The first-order chi connectivity index (χ1) is 15.4. The monoisotopic (exact) mass is 471 g/mol. The molecule has 0 atom stereocenters. The number of hydrogen-bond acceptors (Lipinski definition) is 6. The van der Waals surface area contributed by atoms with Crippen molar-refractivity contribution in [2.24, 2.45) is 0 Å². The molecule has 0 aromatic heterocycles. The number of carboxylic acids is 1. The molecule has 0 bridgehead atoms. The summed E-state index contributed by atoms with van der Waals surface area (Å²) in [7, 11) is 0. The molecular weight excluding hydrogens is 446 g/mol. The van der Waals surface area contributed by atoms with Gasteiger partial charge in [0.15, 0.2) is 11.5 Å². The normalized spacial score (nSPS) is 14.8. The van der Waals surface area contributed by atoms with Crippen molar-refractivity contribution in [1.82, 2.24) is 4.90 Å². The average molecular weight is 472 g/mol. The zero-order valence-corrected chi connectivity index (χ0v) is 19.6. The van der Waals surface area contributed by atoms with Gasteiger partial charge in [-0.15, -0.1) is 0 Å². The summed E-state index contributed by atoms with van der Waals surface area (Å²) in [6, 6.07) is 13.6. The van der Waals surface area contributed by atoms with Gasteiger partial charge in [-0.3, -0.25) is 14.5 Å². The summed E-state index contributed by atoms with van der Waals surface area (Å²) in [5.74, 6) is 0.141. The van der Waals surface area contributed by atoms with Crippen LogP contribution < -0.4 is 9.47 Å². The highest BCUT2D eigenvalue weighted by atomic mass is 32.2. The lowest BCUT2D eigenvalue weighted by molar-refractivity contribution is -0.137. The van der Waals surface area contributed by atoms with E-state index in [1.807, 2.05) is 56.3 Å². The lowest BCUT2D eigenvalue weighted by Gasteiger charge is -2.14. The number of aryl methyl sites for hydroxylation is 1. The molecule has 8 heteroatoms. The van der Waals surface area contributed by atoms with E-state index in [1.54, 1.807) is 6.08 Å². The molecule has 1 heterocycles. The predicted molar refractivity (Wildman–Crippen MR) is 130 cm³/mol. The minimum absolute atomic E-state index is 0.00219. The van der Waals surface area contributed by atoms with E-state index >= 15 is 0 Å². The van der Waals surface area contributed by atoms with Crippen molar-refractivity contribution in [3.63, 3.8) is 0 Å². The van der Waals surface area contributed by atoms with Crippen LogP contribution in [0.2, 0.25) is 0 Å². The van der Waals surface area contributed by atoms with Crippen molar-refractivity contribution >= 4 is 46.3 Å². The predicted octanol–water partition coefficient (Wildman–Crippen LogP) is 5.04. The Bertz CT molecular complexity index is 1050. The maximum absolute atomic E-state index is 12.7. The van der Waals surface area contributed by atoms with E-state index in [0.29, 0.717) is 46.9 Å². The molecule has 1 amide bonds. The second-order valence-electron chi connectivity index (χ2n) is 7.18. The lowest BCUT2D eigenvalue weighted by atomic mass is 10.1. The number of thiocarbonyl (C=S) groups is 1. The van der Waals surface area contributed by atoms with Gasteiger partial charge < -0.3 is 14.6 Å². The van der Waals surface area contributed by atoms with Gasteiger partial charge in [-0.05, 0) is 55.2 Å². The Morgan fingerprint density at radius 2 is 1.97 bits per heavy atom. The van der Waals surface area contributed by atoms with E-state index in [4.69, 9.17) is 26.8 Å². The van der Waals surface area contributed by atoms with E-state index in [1.165, 1.54) is 16.7 Å². The molecule has 1 fully saturated rings. The van der Waals surface area contributed by atoms with Crippen LogP contribution in [0.15, 0.2) is 47.4 Å². The summed E-state index contributed by atoms with van der Waals surface area (Å²) in [5.41, 5.74) is 3.06. The standard InChI is InChI=1S/C24H25NO5S2/c1-3-29-20-13-17(10-11-19(20)30-15-18-8-5-4-7-16(18)2)14-21-23(28)25(24(31)32-21)12-6-9-22(26)27/h4-5,7-8,10-11,13-14H,3,6,9,12,15H2,1-2H3,(H,26,27)/b21-14-. The van der Waals surface area contributed by atoms with E-state index in [-0.39, 0.29) is 12.3 Å². The Kier molecular flexibility index (Phi) is 8.30. The fourth-order valence-corrected chi connectivity index (χ4v) is 4.47. The maximum Gasteiger partial charge on any atom is 0.303 e. The molecule has 168 valence electrons. The number of nitrogens with zero attached hydrogens (tertiary/aromatic N) is 1. The number of thioether (sulfide) groups is 1. The molecule has 1 aliphatic heterocycles. The SMILES string of the molecule is CCOc1cc(/C=C2\SC(=S)N(CCCC(=O)O)C2=O)ccc1OCc1ccccc1C. The molecule has 0 saturated carbocycles. The van der Waals surface area contributed by atoms with Gasteiger partial charge in [0.05, 0.1) is 11.5 Å². The van der Waals surface area contributed by atoms with Crippen LogP contribution in [0.5, 0.6) is 11.5 Å². The highest BCUT2D eigenvalue weighted by Gasteiger charge is 2.31. The Hall–Kier alpha value is -2.84. The first-order valence-corrected chi connectivity index (χ1v) is 11.5. The number of carbonyl (C=O) groups excluding carboxylic acids is 1. The van der Waals surface area contributed by atoms with Gasteiger partial charge in [0.1, 0.15) is 10.9 Å². The van der Waals surface area contributed by atoms with Crippen LogP contribution in [-0.2, 0) is 16.2 Å². The summed E-state index contributed by atoms with van der Waals surface area (Å²) < 4.78 is 12.2. The minimum Gasteiger partial charge on any atom is -0.490 e. The number of benzene rings is 2. The van der Waals surface area contributed by atoms with Crippen molar-refractivity contribution < 1.29 is 24.2 Å². The summed E-state index contributed by atoms with van der Waals surface area (Å²) in [6.07, 6.45) is 2.12. The molecule has 2 aromatic carbocycles. The van der Waals surface area contributed by atoms with Gasteiger partial charge in [0, 0.05) is 13.0 Å². The molecule has 1 N–H and O–H groups in total. The number of carbonyl (C=O) groups is 2. The largest absolute Gasteiger partial charge is 0.490 e. The lowest BCUT2D eigenvalue weighted by Crippen LogP contribution is -2.29. The summed E-state index contributed by atoms with van der Waals surface area (Å²) in [4.78, 5) is 25.4. The molecule has 1 saturated heterocycles. The van der Waals surface area contributed by atoms with Gasteiger partial charge in [0.2, 0.25) is 0 Å². The summed E-state index contributed by atoms with van der Waals surface area (Å²) in [5, 5.41) is 8.80. The van der Waals surface area contributed by atoms with Gasteiger partial charge in [-0.25, -0.2) is 0 Å². The molecule has 0 spiro atoms. The van der Waals surface area contributed by atoms with E-state index in [0.717, 1.165) is 16.7 Å². The molecular formula is C24H25NO5S2. The van der Waals surface area contributed by atoms with Crippen LogP contribution in [0.4, 0.5) is 0 Å². The third kappa shape index (κ3) is 6.11. The first kappa shape index (κ1) is 23.8. The quantitative estimate of drug-likeness (QED) is 0.384. The van der Waals surface area contributed by atoms with Crippen LogP contribution in [0.1, 0.15) is 36.5 Å². The van der Waals surface area contributed by atoms with E-state index in [9.17, 15) is 9.59 Å². The van der Waals surface area contributed by atoms with Crippen LogP contribution >= 0.6 is 24.0 Å². The van der Waals surface area contributed by atoms with Crippen LogP contribution in [0, 0.1) is 6.92 Å². The number of rotatable bonds is 10. The van der Waals surface area contributed by atoms with Crippen LogP contribution in [0.3, 0.4) is 0 Å². The van der Waals surface area contributed by atoms with E-state index in [2.05, 4.69) is 0 Å². The molecule has 2 aromatic rings. The Balaban J connectivity index is 1.74. The molecule has 0 radical (unpaired) electrons. The van der Waals surface area contributed by atoms with Crippen molar-refractivity contribution in [3.05, 3.63) is 64.1 Å². The van der Waals surface area contributed by atoms with Crippen molar-refractivity contribution in [1.29, 1.82) is 0 Å². The number of hydrogen-bond donors (Lipinski definition) is 1. The number of carboxylic acid groups (broad SMARTS) is 1. The second-order valence-corrected chi connectivity index (χ2v) is 8.86. The van der Waals surface area contributed by atoms with E-state index < -0.39 is 5.97 Å². The van der Waals surface area contributed by atoms with Gasteiger partial charge in [-0.1, -0.05) is 54.3 Å². The Morgan fingerprint density at radius 3 is 2.69 bits per heavy atom. The molecule has 0 aliphatic carbocycles. The maximum atomic E-state index is 12.7. The minimum atomic E-state index is -0.890. The molecule has 3 rings (SSSR count). The fraction of sp³-hybridized carbons (Fsp3) is 0.292. The van der Waals surface area contributed by atoms with Crippen molar-refractivity contribution in [2.45, 2.75) is 33.3 Å². The highest BCUT2D eigenvalue weighted by Crippen LogP contribution is 2.35. The van der Waals surface area contributed by atoms with Gasteiger partial charge >= 0.3 is 5.97 Å². The highest BCUT2D eigenvalue weighted by molar-refractivity contribution is 8.26. The average Bonchev–Trinajstić information content (AvgIpc) is 3.01. The van der Waals surface area contributed by atoms with Crippen molar-refractivity contribution in [3.8, 4) is 11.5 Å². The number of ether oxygens (including phenoxy) is 2. The van der Waals surface area contributed by atoms with Gasteiger partial charge in [-0.2, -0.15) is 0 Å². The van der Waals surface area contributed by atoms with Crippen molar-refractivity contribution in [2.75, 3.05) is 13.2 Å². The zero-order valence-electron chi connectivity index (χ0n) is 18.0. The zero-order chi connectivity index (χ0) is 23.1. The smallest absolute Gasteiger partial charge is 0.303 e. The third-order valence-corrected chi connectivity index (χ3v) is 6.23. The summed E-state index contributed by atoms with van der Waals surface area (Å²) >= 11 is 6.52. The topological polar surface area (TPSA) is 76.1 Å². The first-order valence-electron chi connectivity index (χ1n) is 10.3. The number of amides is 1. The van der Waals surface area contributed by atoms with Crippen LogP contribution in [0.25, 0.3) is 6.08 Å². The Labute approximate surface area is 197 Å². The Morgan fingerprint density at radius 1 is 1.19 bits per heavy atom. The summed E-state index contributed by atoms with van der Waals surface area (Å²) in [6.45, 7) is 5.16. The van der Waals surface area contributed by atoms with Crippen LogP contribution in [-0.4, -0.2) is 39.4 Å².